The molecule has 4 rings (SSSR count). The zero-order chi connectivity index (χ0) is 22.0. The predicted octanol–water partition coefficient (Wildman–Crippen LogP) is 2.83. The number of aromatic nitrogens is 3. The molecular formula is C21H21BrN6O3. The number of nitrogen functional groups attached to an aromatic ring is 1. The molecule has 0 radical (unpaired) electrons. The number of ether oxygens (including phenoxy) is 1. The van der Waals surface area contributed by atoms with Gasteiger partial charge in [0.25, 0.3) is 5.91 Å². The molecule has 3 heterocycles. The fourth-order valence-corrected chi connectivity index (χ4v) is 3.77. The number of nitrogens with two attached hydrogens (primary N) is 1. The Kier molecular flexibility index (Phi) is 5.90. The molecular weight excluding hydrogens is 464 g/mol. The van der Waals surface area contributed by atoms with E-state index >= 15 is 0 Å². The lowest BCUT2D eigenvalue weighted by Gasteiger charge is -2.17. The highest BCUT2D eigenvalue weighted by molar-refractivity contribution is 9.10. The van der Waals surface area contributed by atoms with Gasteiger partial charge in [0.2, 0.25) is 0 Å². The molecule has 10 heteroatoms. The van der Waals surface area contributed by atoms with E-state index in [4.69, 9.17) is 10.5 Å². The number of carbonyl (C=O) groups is 2. The average molecular weight is 485 g/mol. The number of nitrogens with zero attached hydrogens (tertiary/aromatic N) is 4. The molecule has 0 unspecified atom stereocenters. The van der Waals surface area contributed by atoms with Crippen LogP contribution < -0.4 is 15.8 Å². The first-order valence-electron chi connectivity index (χ1n) is 9.67. The maximum absolute atomic E-state index is 12.8. The second-order valence-electron chi connectivity index (χ2n) is 7.29. The number of nitrogens with one attached hydrogen (secondary N) is 1. The highest BCUT2D eigenvalue weighted by atomic mass is 79.9. The number of likely N-dealkylation sites (tertiary alicyclic amines) is 1. The van der Waals surface area contributed by atoms with Crippen molar-refractivity contribution in [2.24, 2.45) is 7.05 Å². The number of hydrogen-bond acceptors (Lipinski definition) is 6. The third kappa shape index (κ3) is 4.85. The van der Waals surface area contributed by atoms with Gasteiger partial charge in [-0.05, 0) is 30.7 Å². The van der Waals surface area contributed by atoms with Gasteiger partial charge >= 0.3 is 6.09 Å². The second kappa shape index (κ2) is 8.76. The van der Waals surface area contributed by atoms with Gasteiger partial charge in [0.15, 0.2) is 0 Å². The standard InChI is InChI=1S/C21H21BrN6O3/c1-27-11-14(10-25-27)13-7-18(19(23)24-9-13)20(29)26-16-5-6-28(12-16)21(30)31-17-4-2-3-15(22)8-17/h2-4,7-11,16H,5-6,12H2,1H3,(H2,23,24)(H,26,29)/t16-/m1/s1. The van der Waals surface area contributed by atoms with Crippen LogP contribution in [0.5, 0.6) is 5.75 Å². The Hall–Kier alpha value is -3.40. The Morgan fingerprint density at radius 2 is 2.10 bits per heavy atom. The van der Waals surface area contributed by atoms with E-state index < -0.39 is 6.09 Å². The van der Waals surface area contributed by atoms with Gasteiger partial charge < -0.3 is 20.7 Å². The maximum Gasteiger partial charge on any atom is 0.415 e. The molecule has 0 aliphatic carbocycles. The lowest BCUT2D eigenvalue weighted by atomic mass is 10.1. The molecule has 2 aromatic heterocycles. The van der Waals surface area contributed by atoms with E-state index in [0.717, 1.165) is 15.6 Å². The molecule has 2 amide bonds. The predicted molar refractivity (Wildman–Crippen MR) is 118 cm³/mol. The molecule has 3 aromatic rings. The van der Waals surface area contributed by atoms with E-state index in [0.29, 0.717) is 25.3 Å². The summed E-state index contributed by atoms with van der Waals surface area (Å²) in [7, 11) is 1.81. The lowest BCUT2D eigenvalue weighted by molar-refractivity contribution is 0.0937. The molecule has 1 atom stereocenters. The Labute approximate surface area is 187 Å². The van der Waals surface area contributed by atoms with Crippen LogP contribution in [0.1, 0.15) is 16.8 Å². The molecule has 31 heavy (non-hydrogen) atoms. The van der Waals surface area contributed by atoms with Gasteiger partial charge in [-0.1, -0.05) is 22.0 Å². The van der Waals surface area contributed by atoms with E-state index in [1.54, 1.807) is 46.2 Å². The molecule has 1 saturated heterocycles. The van der Waals surface area contributed by atoms with Crippen molar-refractivity contribution >= 4 is 33.7 Å². The van der Waals surface area contributed by atoms with Crippen LogP contribution in [-0.2, 0) is 7.05 Å². The smallest absolute Gasteiger partial charge is 0.410 e. The van der Waals surface area contributed by atoms with Crippen LogP contribution in [0.15, 0.2) is 53.4 Å². The summed E-state index contributed by atoms with van der Waals surface area (Å²) in [6, 6.07) is 8.56. The Bertz CT molecular complexity index is 1130. The molecule has 3 N–H and O–H groups in total. The van der Waals surface area contributed by atoms with Crippen molar-refractivity contribution in [1.29, 1.82) is 0 Å². The van der Waals surface area contributed by atoms with Crippen molar-refractivity contribution in [3.05, 3.63) is 59.0 Å². The molecule has 1 fully saturated rings. The van der Waals surface area contributed by atoms with Crippen molar-refractivity contribution in [3.63, 3.8) is 0 Å². The second-order valence-corrected chi connectivity index (χ2v) is 8.21. The number of rotatable bonds is 4. The number of pyridine rings is 1. The van der Waals surface area contributed by atoms with Crippen molar-refractivity contribution in [2.75, 3.05) is 18.8 Å². The van der Waals surface area contributed by atoms with Crippen LogP contribution in [0.2, 0.25) is 0 Å². The zero-order valence-corrected chi connectivity index (χ0v) is 18.4. The van der Waals surface area contributed by atoms with E-state index in [2.05, 4.69) is 31.3 Å². The highest BCUT2D eigenvalue weighted by Crippen LogP contribution is 2.23. The molecule has 0 saturated carbocycles. The number of aryl methyl sites for hydroxylation is 1. The third-order valence-electron chi connectivity index (χ3n) is 4.98. The fraction of sp³-hybridized carbons (Fsp3) is 0.238. The summed E-state index contributed by atoms with van der Waals surface area (Å²) in [5.41, 5.74) is 7.82. The number of amides is 2. The largest absolute Gasteiger partial charge is 0.415 e. The quantitative estimate of drug-likeness (QED) is 0.588. The first kappa shape index (κ1) is 20.9. The summed E-state index contributed by atoms with van der Waals surface area (Å²) in [6.07, 6.45) is 5.31. The van der Waals surface area contributed by atoms with E-state index in [1.165, 1.54) is 0 Å². The van der Waals surface area contributed by atoms with E-state index in [-0.39, 0.29) is 23.3 Å². The Balaban J connectivity index is 1.39. The fourth-order valence-electron chi connectivity index (χ4n) is 3.39. The minimum Gasteiger partial charge on any atom is -0.410 e. The summed E-state index contributed by atoms with van der Waals surface area (Å²) in [6.45, 7) is 0.843. The minimum absolute atomic E-state index is 0.147. The molecule has 0 bridgehead atoms. The third-order valence-corrected chi connectivity index (χ3v) is 5.48. The van der Waals surface area contributed by atoms with Gasteiger partial charge in [-0.15, -0.1) is 0 Å². The summed E-state index contributed by atoms with van der Waals surface area (Å²) >= 11 is 3.35. The van der Waals surface area contributed by atoms with Crippen molar-refractivity contribution < 1.29 is 14.3 Å². The summed E-state index contributed by atoms with van der Waals surface area (Å²) in [5.74, 6) is 0.273. The monoisotopic (exact) mass is 484 g/mol. The van der Waals surface area contributed by atoms with Crippen molar-refractivity contribution in [2.45, 2.75) is 12.5 Å². The molecule has 9 nitrogen and oxygen atoms in total. The van der Waals surface area contributed by atoms with Crippen LogP contribution >= 0.6 is 15.9 Å². The summed E-state index contributed by atoms with van der Waals surface area (Å²) in [5, 5.41) is 7.08. The first-order valence-corrected chi connectivity index (χ1v) is 10.5. The zero-order valence-electron chi connectivity index (χ0n) is 16.8. The minimum atomic E-state index is -0.449. The van der Waals surface area contributed by atoms with Gasteiger partial charge in [-0.3, -0.25) is 9.48 Å². The van der Waals surface area contributed by atoms with Gasteiger partial charge in [0, 0.05) is 54.2 Å². The van der Waals surface area contributed by atoms with Gasteiger partial charge in [-0.25, -0.2) is 9.78 Å². The summed E-state index contributed by atoms with van der Waals surface area (Å²) < 4.78 is 7.90. The van der Waals surface area contributed by atoms with Crippen molar-refractivity contribution in [1.82, 2.24) is 25.0 Å². The normalized spacial score (nSPS) is 15.7. The Morgan fingerprint density at radius 1 is 1.26 bits per heavy atom. The number of hydrogen-bond donors (Lipinski definition) is 2. The van der Waals surface area contributed by atoms with E-state index in [1.807, 2.05) is 19.3 Å². The van der Waals surface area contributed by atoms with Crippen LogP contribution in [0.3, 0.4) is 0 Å². The molecule has 0 spiro atoms. The number of halogens is 1. The number of carbonyl (C=O) groups excluding carboxylic acids is 2. The average Bonchev–Trinajstić information content (AvgIpc) is 3.37. The van der Waals surface area contributed by atoms with E-state index in [9.17, 15) is 9.59 Å². The number of anilines is 1. The molecule has 1 aliphatic rings. The topological polar surface area (TPSA) is 115 Å². The highest BCUT2D eigenvalue weighted by Gasteiger charge is 2.29. The van der Waals surface area contributed by atoms with Crippen LogP contribution in [0, 0.1) is 0 Å². The van der Waals surface area contributed by atoms with Crippen LogP contribution in [0.25, 0.3) is 11.1 Å². The van der Waals surface area contributed by atoms with Gasteiger partial charge in [0.05, 0.1) is 11.8 Å². The number of benzene rings is 1. The van der Waals surface area contributed by atoms with Gasteiger partial charge in [-0.2, -0.15) is 5.10 Å². The Morgan fingerprint density at radius 3 is 2.84 bits per heavy atom. The van der Waals surface area contributed by atoms with Crippen molar-refractivity contribution in [3.8, 4) is 16.9 Å². The van der Waals surface area contributed by atoms with Gasteiger partial charge in [0.1, 0.15) is 11.6 Å². The molecule has 1 aromatic carbocycles. The maximum atomic E-state index is 12.8. The summed E-state index contributed by atoms with van der Waals surface area (Å²) in [4.78, 5) is 31.0. The SMILES string of the molecule is Cn1cc(-c2cnc(N)c(C(=O)N[C@@H]3CCN(C(=O)Oc4cccc(Br)c4)C3)c2)cn1. The molecule has 160 valence electrons. The molecule has 1 aliphatic heterocycles. The lowest BCUT2D eigenvalue weighted by Crippen LogP contribution is -2.39. The van der Waals surface area contributed by atoms with Crippen LogP contribution in [0.4, 0.5) is 10.6 Å². The van der Waals surface area contributed by atoms with Crippen LogP contribution in [-0.4, -0.2) is 50.8 Å². The first-order chi connectivity index (χ1) is 14.9.